The monoisotopic (exact) mass is 422 g/mol. The third kappa shape index (κ3) is 4.45. The van der Waals surface area contributed by atoms with E-state index in [9.17, 15) is 14.7 Å². The fraction of sp³-hybridized carbons (Fsp3) is 0.348. The van der Waals surface area contributed by atoms with Gasteiger partial charge < -0.3 is 19.7 Å². The van der Waals surface area contributed by atoms with Crippen LogP contribution >= 0.6 is 0 Å². The summed E-state index contributed by atoms with van der Waals surface area (Å²) in [6.45, 7) is 2.52. The van der Waals surface area contributed by atoms with E-state index >= 15 is 0 Å². The van der Waals surface area contributed by atoms with Gasteiger partial charge in [0.05, 0.1) is 24.4 Å². The summed E-state index contributed by atoms with van der Waals surface area (Å²) in [4.78, 5) is 25.6. The van der Waals surface area contributed by atoms with Crippen LogP contribution in [0.5, 0.6) is 0 Å². The van der Waals surface area contributed by atoms with Gasteiger partial charge in [-0.15, -0.1) is 0 Å². The van der Waals surface area contributed by atoms with Crippen LogP contribution in [-0.4, -0.2) is 50.7 Å². The molecule has 0 spiro atoms. The maximum absolute atomic E-state index is 12.8. The number of amides is 1. The molecule has 4 rings (SSSR count). The zero-order valence-electron chi connectivity index (χ0n) is 17.6. The van der Waals surface area contributed by atoms with Crippen LogP contribution in [0.15, 0.2) is 53.6 Å². The minimum atomic E-state index is -0.778. The van der Waals surface area contributed by atoms with E-state index in [4.69, 9.17) is 4.74 Å². The Morgan fingerprint density at radius 1 is 1.32 bits per heavy atom. The lowest BCUT2D eigenvalue weighted by Crippen LogP contribution is -2.49. The summed E-state index contributed by atoms with van der Waals surface area (Å²) in [7, 11) is 1.67. The fourth-order valence-corrected chi connectivity index (χ4v) is 3.78. The molecule has 2 atom stereocenters. The highest BCUT2D eigenvalue weighted by Gasteiger charge is 2.27. The number of aliphatic hydroxyl groups is 1. The predicted molar refractivity (Wildman–Crippen MR) is 115 cm³/mol. The third-order valence-corrected chi connectivity index (χ3v) is 5.81. The Bertz CT molecular complexity index is 1120. The first kappa shape index (κ1) is 21.0. The lowest BCUT2D eigenvalue weighted by molar-refractivity contribution is -0.0261. The fourth-order valence-electron chi connectivity index (χ4n) is 3.78. The molecule has 0 saturated carbocycles. The zero-order chi connectivity index (χ0) is 22.0. The van der Waals surface area contributed by atoms with Gasteiger partial charge in [0.15, 0.2) is 0 Å². The van der Waals surface area contributed by atoms with E-state index in [-0.39, 0.29) is 17.7 Å². The molecule has 1 aliphatic heterocycles. The van der Waals surface area contributed by atoms with E-state index in [0.29, 0.717) is 19.4 Å². The molecule has 2 N–H and O–H groups in total. The van der Waals surface area contributed by atoms with Crippen molar-refractivity contribution in [2.24, 2.45) is 7.05 Å². The van der Waals surface area contributed by atoms with Gasteiger partial charge in [-0.2, -0.15) is 5.10 Å². The summed E-state index contributed by atoms with van der Waals surface area (Å²) in [6.07, 6.45) is 3.92. The molecule has 0 unspecified atom stereocenters. The molecule has 0 aliphatic carbocycles. The second-order valence-electron chi connectivity index (χ2n) is 7.84. The van der Waals surface area contributed by atoms with Crippen LogP contribution in [0, 0.1) is 6.92 Å². The van der Waals surface area contributed by atoms with Gasteiger partial charge in [0.2, 0.25) is 0 Å². The average Bonchev–Trinajstić information content (AvgIpc) is 3.31. The largest absolute Gasteiger partial charge is 0.389 e. The highest BCUT2D eigenvalue weighted by molar-refractivity contribution is 5.94. The van der Waals surface area contributed by atoms with Gasteiger partial charge in [0.25, 0.3) is 11.5 Å². The van der Waals surface area contributed by atoms with Gasteiger partial charge in [-0.3, -0.25) is 9.59 Å². The number of benzene rings is 1. The second kappa shape index (κ2) is 8.87. The lowest BCUT2D eigenvalue weighted by atomic mass is 10.0. The van der Waals surface area contributed by atoms with Crippen molar-refractivity contribution in [3.05, 3.63) is 81.5 Å². The molecular weight excluding hydrogens is 396 g/mol. The maximum atomic E-state index is 12.8. The van der Waals surface area contributed by atoms with Gasteiger partial charge >= 0.3 is 0 Å². The highest BCUT2D eigenvalue weighted by atomic mass is 16.5. The molecule has 8 nitrogen and oxygen atoms in total. The first-order valence-electron chi connectivity index (χ1n) is 10.3. The average molecular weight is 422 g/mol. The number of nitrogens with one attached hydrogen (secondary N) is 1. The first-order chi connectivity index (χ1) is 14.9. The number of ether oxygens (including phenoxy) is 1. The standard InChI is InChI=1S/C23H26N4O4/c1-15-17(12-16-4-6-18(7-5-16)27-10-3-9-24-27)13-19(23(30)26(15)2)22(29)25-20-8-11-31-14-21(20)28/h3-7,9-10,13,20-21,28H,8,11-12,14H2,1-2H3,(H,25,29)/t20-,21-/m0/s1. The van der Waals surface area contributed by atoms with Crippen molar-refractivity contribution in [2.75, 3.05) is 13.2 Å². The first-order valence-corrected chi connectivity index (χ1v) is 10.3. The normalized spacial score (nSPS) is 18.7. The molecule has 1 aromatic carbocycles. The van der Waals surface area contributed by atoms with Crippen molar-refractivity contribution >= 4 is 5.91 Å². The molecule has 162 valence electrons. The van der Waals surface area contributed by atoms with Crippen molar-refractivity contribution in [2.45, 2.75) is 31.9 Å². The van der Waals surface area contributed by atoms with Crippen LogP contribution in [0.1, 0.15) is 33.6 Å². The molecule has 1 aliphatic rings. The van der Waals surface area contributed by atoms with Crippen molar-refractivity contribution in [1.82, 2.24) is 19.7 Å². The summed E-state index contributed by atoms with van der Waals surface area (Å²) in [5.41, 5.74) is 3.45. The predicted octanol–water partition coefficient (Wildman–Crippen LogP) is 1.35. The Balaban J connectivity index is 1.57. The van der Waals surface area contributed by atoms with Crippen molar-refractivity contribution in [3.63, 3.8) is 0 Å². The number of carbonyl (C=O) groups excluding carboxylic acids is 1. The molecule has 1 fully saturated rings. The van der Waals surface area contributed by atoms with Crippen molar-refractivity contribution < 1.29 is 14.6 Å². The van der Waals surface area contributed by atoms with E-state index in [2.05, 4.69) is 10.4 Å². The number of aliphatic hydroxyl groups excluding tert-OH is 1. The number of aromatic nitrogens is 3. The second-order valence-corrected chi connectivity index (χ2v) is 7.84. The number of pyridine rings is 1. The van der Waals surface area contributed by atoms with Gasteiger partial charge in [0, 0.05) is 31.7 Å². The van der Waals surface area contributed by atoms with E-state index < -0.39 is 18.1 Å². The summed E-state index contributed by atoms with van der Waals surface area (Å²) in [6, 6.07) is 11.1. The van der Waals surface area contributed by atoms with Crippen LogP contribution in [0.3, 0.4) is 0 Å². The van der Waals surface area contributed by atoms with Gasteiger partial charge in [0.1, 0.15) is 5.56 Å². The van der Waals surface area contributed by atoms with Crippen molar-refractivity contribution in [3.8, 4) is 5.69 Å². The molecule has 1 saturated heterocycles. The Kier molecular flexibility index (Phi) is 6.01. The van der Waals surface area contributed by atoms with E-state index in [1.165, 1.54) is 4.57 Å². The topological polar surface area (TPSA) is 98.4 Å². The molecule has 0 radical (unpaired) electrons. The van der Waals surface area contributed by atoms with E-state index in [1.807, 2.05) is 43.5 Å². The molecule has 2 aromatic heterocycles. The molecular formula is C23H26N4O4. The Labute approximate surface area is 180 Å². The Morgan fingerprint density at radius 3 is 2.77 bits per heavy atom. The summed E-state index contributed by atoms with van der Waals surface area (Å²) in [5.74, 6) is -0.471. The van der Waals surface area contributed by atoms with Crippen LogP contribution in [0.25, 0.3) is 5.69 Å². The number of carbonyl (C=O) groups is 1. The highest BCUT2D eigenvalue weighted by Crippen LogP contribution is 2.16. The molecule has 3 heterocycles. The van der Waals surface area contributed by atoms with E-state index in [0.717, 1.165) is 22.5 Å². The smallest absolute Gasteiger partial charge is 0.263 e. The Hall–Kier alpha value is -3.23. The van der Waals surface area contributed by atoms with Crippen molar-refractivity contribution in [1.29, 1.82) is 0 Å². The summed E-state index contributed by atoms with van der Waals surface area (Å²) < 4.78 is 8.49. The van der Waals surface area contributed by atoms with Crippen LogP contribution in [0.2, 0.25) is 0 Å². The maximum Gasteiger partial charge on any atom is 0.263 e. The minimum absolute atomic E-state index is 0.0787. The van der Waals surface area contributed by atoms with Crippen LogP contribution < -0.4 is 10.9 Å². The molecule has 0 bridgehead atoms. The van der Waals surface area contributed by atoms with Gasteiger partial charge in [-0.1, -0.05) is 12.1 Å². The van der Waals surface area contributed by atoms with Crippen LogP contribution in [-0.2, 0) is 18.2 Å². The number of nitrogens with zero attached hydrogens (tertiary/aromatic N) is 3. The van der Waals surface area contributed by atoms with Gasteiger partial charge in [-0.05, 0) is 55.2 Å². The quantitative estimate of drug-likeness (QED) is 0.647. The lowest BCUT2D eigenvalue weighted by Gasteiger charge is -2.28. The third-order valence-electron chi connectivity index (χ3n) is 5.81. The minimum Gasteiger partial charge on any atom is -0.389 e. The molecule has 3 aromatic rings. The van der Waals surface area contributed by atoms with E-state index in [1.54, 1.807) is 24.0 Å². The zero-order valence-corrected chi connectivity index (χ0v) is 17.6. The van der Waals surface area contributed by atoms with Gasteiger partial charge in [-0.25, -0.2) is 4.68 Å². The number of hydrogen-bond acceptors (Lipinski definition) is 5. The molecule has 8 heteroatoms. The molecule has 31 heavy (non-hydrogen) atoms. The Morgan fingerprint density at radius 2 is 2.10 bits per heavy atom. The SMILES string of the molecule is Cc1c(Cc2ccc(-n3cccn3)cc2)cc(C(=O)N[C@H]2CCOC[C@@H]2O)c(=O)n1C. The summed E-state index contributed by atoms with van der Waals surface area (Å²) in [5, 5.41) is 17.1. The number of hydrogen-bond donors (Lipinski definition) is 2. The molecule has 1 amide bonds. The summed E-state index contributed by atoms with van der Waals surface area (Å²) >= 11 is 0. The van der Waals surface area contributed by atoms with Crippen LogP contribution in [0.4, 0.5) is 0 Å². The number of rotatable bonds is 5.